The van der Waals surface area contributed by atoms with E-state index in [0.29, 0.717) is 30.6 Å². The molecule has 2 aromatic rings. The van der Waals surface area contributed by atoms with E-state index in [1.165, 1.54) is 12.8 Å². The smallest absolute Gasteiger partial charge is 0.315 e. The lowest BCUT2D eigenvalue weighted by atomic mass is 10.2. The van der Waals surface area contributed by atoms with Crippen molar-refractivity contribution in [3.05, 3.63) is 47.9 Å². The number of benzene rings is 1. The number of urea groups is 1. The quantitative estimate of drug-likeness (QED) is 0.859. The Labute approximate surface area is 135 Å². The molecule has 0 unspecified atom stereocenters. The minimum Gasteiger partial charge on any atom is -0.487 e. The van der Waals surface area contributed by atoms with Crippen LogP contribution in [0.5, 0.6) is 5.75 Å². The van der Waals surface area contributed by atoms with Crippen LogP contribution in [0.2, 0.25) is 0 Å². The first-order valence-electron chi connectivity index (χ1n) is 7.96. The van der Waals surface area contributed by atoms with Crippen molar-refractivity contribution in [3.63, 3.8) is 0 Å². The van der Waals surface area contributed by atoms with Crippen LogP contribution in [0.3, 0.4) is 0 Å². The molecule has 0 spiro atoms. The van der Waals surface area contributed by atoms with E-state index in [0.717, 1.165) is 18.6 Å². The third-order valence-electron chi connectivity index (χ3n) is 3.85. The predicted octanol–water partition coefficient (Wildman–Crippen LogP) is 3.00. The topological polar surface area (TPSA) is 76.4 Å². The van der Waals surface area contributed by atoms with E-state index in [1.807, 2.05) is 30.3 Å². The van der Waals surface area contributed by atoms with Crippen LogP contribution >= 0.6 is 0 Å². The fourth-order valence-corrected chi connectivity index (χ4v) is 2.66. The van der Waals surface area contributed by atoms with Gasteiger partial charge in [0.25, 0.3) is 0 Å². The summed E-state index contributed by atoms with van der Waals surface area (Å²) in [5.74, 6) is 1.39. The van der Waals surface area contributed by atoms with Crippen LogP contribution < -0.4 is 15.4 Å². The summed E-state index contributed by atoms with van der Waals surface area (Å²) in [4.78, 5) is 11.8. The van der Waals surface area contributed by atoms with Gasteiger partial charge in [-0.1, -0.05) is 36.2 Å². The Morgan fingerprint density at radius 3 is 2.83 bits per heavy atom. The molecule has 1 aliphatic rings. The SMILES string of the molecule is O=C(NCc1cc(COc2ccccc2)no1)NC1CCCC1. The van der Waals surface area contributed by atoms with Crippen LogP contribution in [0.4, 0.5) is 4.79 Å². The Morgan fingerprint density at radius 2 is 2.04 bits per heavy atom. The van der Waals surface area contributed by atoms with Crippen molar-refractivity contribution in [1.82, 2.24) is 15.8 Å². The van der Waals surface area contributed by atoms with Gasteiger partial charge in [0.15, 0.2) is 5.76 Å². The van der Waals surface area contributed by atoms with Crippen molar-refractivity contribution in [1.29, 1.82) is 0 Å². The minimum atomic E-state index is -0.157. The molecule has 2 N–H and O–H groups in total. The van der Waals surface area contributed by atoms with Crippen LogP contribution in [0.25, 0.3) is 0 Å². The van der Waals surface area contributed by atoms with E-state index >= 15 is 0 Å². The Bertz CT molecular complexity index is 621. The van der Waals surface area contributed by atoms with Gasteiger partial charge in [-0.25, -0.2) is 4.79 Å². The van der Waals surface area contributed by atoms with Gasteiger partial charge in [-0.2, -0.15) is 0 Å². The number of carbonyl (C=O) groups excluding carboxylic acids is 1. The molecule has 0 saturated heterocycles. The molecule has 0 atom stereocenters. The minimum absolute atomic E-state index is 0.157. The number of nitrogens with one attached hydrogen (secondary N) is 2. The molecular formula is C17H21N3O3. The molecule has 1 fully saturated rings. The summed E-state index contributed by atoms with van der Waals surface area (Å²) in [6.07, 6.45) is 4.52. The fourth-order valence-electron chi connectivity index (χ4n) is 2.66. The lowest BCUT2D eigenvalue weighted by Gasteiger charge is -2.11. The third kappa shape index (κ3) is 4.74. The molecule has 1 heterocycles. The molecule has 23 heavy (non-hydrogen) atoms. The van der Waals surface area contributed by atoms with Crippen LogP contribution in [-0.4, -0.2) is 17.2 Å². The number of hydrogen-bond donors (Lipinski definition) is 2. The van der Waals surface area contributed by atoms with E-state index in [-0.39, 0.29) is 6.03 Å². The molecule has 2 amide bonds. The number of rotatable bonds is 6. The summed E-state index contributed by atoms with van der Waals surface area (Å²) in [7, 11) is 0. The summed E-state index contributed by atoms with van der Waals surface area (Å²) < 4.78 is 10.8. The molecule has 0 aliphatic heterocycles. The highest BCUT2D eigenvalue weighted by molar-refractivity contribution is 5.74. The molecule has 1 aromatic heterocycles. The molecule has 122 valence electrons. The summed E-state index contributed by atoms with van der Waals surface area (Å²) in [6.45, 7) is 0.651. The van der Waals surface area contributed by atoms with Gasteiger partial charge < -0.3 is 19.9 Å². The maximum atomic E-state index is 11.8. The molecule has 1 aliphatic carbocycles. The first-order chi connectivity index (χ1) is 11.3. The number of hydrogen-bond acceptors (Lipinski definition) is 4. The molecule has 1 aromatic carbocycles. The summed E-state index contributed by atoms with van der Waals surface area (Å²) in [5.41, 5.74) is 0.696. The largest absolute Gasteiger partial charge is 0.487 e. The average molecular weight is 315 g/mol. The highest BCUT2D eigenvalue weighted by atomic mass is 16.5. The Balaban J connectivity index is 1.41. The van der Waals surface area contributed by atoms with Gasteiger partial charge in [0.1, 0.15) is 18.1 Å². The second kappa shape index (κ2) is 7.67. The van der Waals surface area contributed by atoms with E-state index in [9.17, 15) is 4.79 Å². The zero-order valence-electron chi connectivity index (χ0n) is 13.0. The normalized spacial score (nSPS) is 14.6. The van der Waals surface area contributed by atoms with E-state index in [2.05, 4.69) is 15.8 Å². The molecule has 3 rings (SSSR count). The van der Waals surface area contributed by atoms with Crippen LogP contribution in [-0.2, 0) is 13.2 Å². The van der Waals surface area contributed by atoms with Gasteiger partial charge in [0, 0.05) is 12.1 Å². The first kappa shape index (κ1) is 15.4. The molecule has 1 saturated carbocycles. The van der Waals surface area contributed by atoms with E-state index in [1.54, 1.807) is 6.07 Å². The number of para-hydroxylation sites is 1. The lowest BCUT2D eigenvalue weighted by molar-refractivity contribution is 0.235. The van der Waals surface area contributed by atoms with Crippen molar-refractivity contribution in [2.75, 3.05) is 0 Å². The van der Waals surface area contributed by atoms with Gasteiger partial charge >= 0.3 is 6.03 Å². The summed E-state index contributed by atoms with van der Waals surface area (Å²) >= 11 is 0. The molecule has 6 nitrogen and oxygen atoms in total. The number of amides is 2. The number of carbonyl (C=O) groups is 1. The van der Waals surface area contributed by atoms with Gasteiger partial charge in [0.05, 0.1) is 6.54 Å². The monoisotopic (exact) mass is 315 g/mol. The number of ether oxygens (including phenoxy) is 1. The Morgan fingerprint density at radius 1 is 1.26 bits per heavy atom. The zero-order chi connectivity index (χ0) is 15.9. The highest BCUT2D eigenvalue weighted by Crippen LogP contribution is 2.17. The van der Waals surface area contributed by atoms with Gasteiger partial charge in [-0.05, 0) is 25.0 Å². The second-order valence-corrected chi connectivity index (χ2v) is 5.69. The third-order valence-corrected chi connectivity index (χ3v) is 3.85. The zero-order valence-corrected chi connectivity index (χ0v) is 13.0. The standard InChI is InChI=1S/C17H21N3O3/c21-17(19-13-6-4-5-7-13)18-11-16-10-14(20-23-16)12-22-15-8-2-1-3-9-15/h1-3,8-10,13H,4-7,11-12H2,(H2,18,19,21). The van der Waals surface area contributed by atoms with Crippen molar-refractivity contribution < 1.29 is 14.1 Å². The van der Waals surface area contributed by atoms with E-state index < -0.39 is 0 Å². The average Bonchev–Trinajstić information content (AvgIpc) is 3.24. The van der Waals surface area contributed by atoms with Crippen LogP contribution in [0, 0.1) is 0 Å². The fraction of sp³-hybridized carbons (Fsp3) is 0.412. The molecule has 0 radical (unpaired) electrons. The van der Waals surface area contributed by atoms with Crippen LogP contribution in [0.1, 0.15) is 37.1 Å². The maximum absolute atomic E-state index is 11.8. The summed E-state index contributed by atoms with van der Waals surface area (Å²) in [6, 6.07) is 11.5. The number of nitrogens with zero attached hydrogens (tertiary/aromatic N) is 1. The molecular weight excluding hydrogens is 294 g/mol. The van der Waals surface area contributed by atoms with Gasteiger partial charge in [-0.3, -0.25) is 0 Å². The second-order valence-electron chi connectivity index (χ2n) is 5.69. The van der Waals surface area contributed by atoms with E-state index in [4.69, 9.17) is 9.26 Å². The highest BCUT2D eigenvalue weighted by Gasteiger charge is 2.17. The molecule has 0 bridgehead atoms. The van der Waals surface area contributed by atoms with Crippen molar-refractivity contribution >= 4 is 6.03 Å². The first-order valence-corrected chi connectivity index (χ1v) is 7.96. The maximum Gasteiger partial charge on any atom is 0.315 e. The van der Waals surface area contributed by atoms with Crippen molar-refractivity contribution in [2.24, 2.45) is 0 Å². The Kier molecular flexibility index (Phi) is 5.13. The van der Waals surface area contributed by atoms with Crippen LogP contribution in [0.15, 0.2) is 40.9 Å². The predicted molar refractivity (Wildman–Crippen MR) is 84.9 cm³/mol. The molecule has 6 heteroatoms. The van der Waals surface area contributed by atoms with Crippen molar-refractivity contribution in [2.45, 2.75) is 44.9 Å². The van der Waals surface area contributed by atoms with Gasteiger partial charge in [-0.15, -0.1) is 0 Å². The van der Waals surface area contributed by atoms with Crippen molar-refractivity contribution in [3.8, 4) is 5.75 Å². The lowest BCUT2D eigenvalue weighted by Crippen LogP contribution is -2.40. The Hall–Kier alpha value is -2.50. The van der Waals surface area contributed by atoms with Gasteiger partial charge in [0.2, 0.25) is 0 Å². The number of aromatic nitrogens is 1. The summed E-state index contributed by atoms with van der Waals surface area (Å²) in [5, 5.41) is 9.69.